The molecule has 3 N–H and O–H groups in total. The van der Waals surface area contributed by atoms with E-state index in [2.05, 4.69) is 15.4 Å². The summed E-state index contributed by atoms with van der Waals surface area (Å²) in [5, 5.41) is 0. The second-order valence-electron chi connectivity index (χ2n) is 2.68. The highest BCUT2D eigenvalue weighted by Crippen LogP contribution is 2.11. The molecule has 0 aromatic carbocycles. The molecule has 0 spiro atoms. The molecule has 0 saturated carbocycles. The molecule has 0 fully saturated rings. The number of hydrogen-bond acceptors (Lipinski definition) is 5. The minimum atomic E-state index is -2.41. The highest BCUT2D eigenvalue weighted by atomic mass is 19.3. The quantitative estimate of drug-likeness (QED) is 0.549. The van der Waals surface area contributed by atoms with Crippen molar-refractivity contribution in [2.24, 2.45) is 5.84 Å². The van der Waals surface area contributed by atoms with E-state index in [-0.39, 0.29) is 6.54 Å². The zero-order valence-corrected chi connectivity index (χ0v) is 7.61. The fraction of sp³-hybridized carbons (Fsp3) is 0.429. The molecule has 1 aromatic rings. The smallest absolute Gasteiger partial charge is 0.255 e. The molecule has 0 aliphatic rings. The number of nitrogens with one attached hydrogen (secondary N) is 1. The number of alkyl halides is 2. The summed E-state index contributed by atoms with van der Waals surface area (Å²) in [6.45, 7) is -0.386. The molecular weight excluding hydrogens is 192 g/mol. The molecule has 0 aliphatic carbocycles. The Labute approximate surface area is 79.9 Å². The van der Waals surface area contributed by atoms with Crippen LogP contribution in [0, 0.1) is 0 Å². The first kappa shape index (κ1) is 10.6. The van der Waals surface area contributed by atoms with Gasteiger partial charge in [0.25, 0.3) is 6.43 Å². The Morgan fingerprint density at radius 2 is 2.29 bits per heavy atom. The summed E-state index contributed by atoms with van der Waals surface area (Å²) in [4.78, 5) is 9.03. The lowest BCUT2D eigenvalue weighted by molar-refractivity contribution is 0.156. The lowest BCUT2D eigenvalue weighted by Gasteiger charge is -2.17. The van der Waals surface area contributed by atoms with Gasteiger partial charge in [0, 0.05) is 7.05 Å². The van der Waals surface area contributed by atoms with Crippen LogP contribution in [0.3, 0.4) is 0 Å². The Morgan fingerprint density at radius 1 is 1.57 bits per heavy atom. The van der Waals surface area contributed by atoms with Crippen molar-refractivity contribution in [2.45, 2.75) is 6.43 Å². The second kappa shape index (κ2) is 4.66. The van der Waals surface area contributed by atoms with Gasteiger partial charge in [0.05, 0.1) is 18.9 Å². The van der Waals surface area contributed by atoms with E-state index in [1.54, 1.807) is 0 Å². The van der Waals surface area contributed by atoms with E-state index in [9.17, 15) is 8.78 Å². The van der Waals surface area contributed by atoms with Gasteiger partial charge in [-0.05, 0) is 0 Å². The van der Waals surface area contributed by atoms with Gasteiger partial charge < -0.3 is 10.3 Å². The number of nitrogens with two attached hydrogens (primary N) is 1. The van der Waals surface area contributed by atoms with Crippen molar-refractivity contribution in [2.75, 3.05) is 23.9 Å². The van der Waals surface area contributed by atoms with Crippen LogP contribution in [0.15, 0.2) is 12.4 Å². The van der Waals surface area contributed by atoms with Crippen molar-refractivity contribution < 1.29 is 8.78 Å². The van der Waals surface area contributed by atoms with Crippen molar-refractivity contribution in [3.05, 3.63) is 12.4 Å². The molecule has 7 heteroatoms. The molecule has 0 radical (unpaired) electrons. The number of hydrogen-bond donors (Lipinski definition) is 2. The first-order valence-corrected chi connectivity index (χ1v) is 3.91. The lowest BCUT2D eigenvalue weighted by Crippen LogP contribution is -2.25. The molecule has 78 valence electrons. The van der Waals surface area contributed by atoms with E-state index >= 15 is 0 Å². The van der Waals surface area contributed by atoms with Gasteiger partial charge in [-0.25, -0.2) is 19.6 Å². The largest absolute Gasteiger partial charge is 0.353 e. The minimum Gasteiger partial charge on any atom is -0.353 e. The fourth-order valence-electron chi connectivity index (χ4n) is 0.910. The van der Waals surface area contributed by atoms with E-state index in [0.29, 0.717) is 11.6 Å². The van der Waals surface area contributed by atoms with Crippen molar-refractivity contribution in [1.82, 2.24) is 9.97 Å². The molecule has 0 saturated heterocycles. The lowest BCUT2D eigenvalue weighted by atomic mass is 10.5. The third kappa shape index (κ3) is 2.77. The van der Waals surface area contributed by atoms with Crippen molar-refractivity contribution in [3.63, 3.8) is 0 Å². The third-order valence-corrected chi connectivity index (χ3v) is 1.57. The maximum Gasteiger partial charge on any atom is 0.255 e. The summed E-state index contributed by atoms with van der Waals surface area (Å²) >= 11 is 0. The number of nitrogen functional groups attached to an aromatic ring is 1. The summed E-state index contributed by atoms with van der Waals surface area (Å²) in [5.41, 5.74) is 2.29. The normalized spacial score (nSPS) is 10.4. The maximum atomic E-state index is 12.0. The zero-order chi connectivity index (χ0) is 10.6. The van der Waals surface area contributed by atoms with E-state index in [0.717, 1.165) is 0 Å². The van der Waals surface area contributed by atoms with Crippen LogP contribution in [0.5, 0.6) is 0 Å². The maximum absolute atomic E-state index is 12.0. The molecule has 5 nitrogen and oxygen atoms in total. The highest BCUT2D eigenvalue weighted by molar-refractivity contribution is 5.42. The predicted molar refractivity (Wildman–Crippen MR) is 49.1 cm³/mol. The van der Waals surface area contributed by atoms with Gasteiger partial charge in [-0.3, -0.25) is 4.98 Å². The van der Waals surface area contributed by atoms with Gasteiger partial charge in [-0.15, -0.1) is 0 Å². The number of hydrazine groups is 1. The zero-order valence-electron chi connectivity index (χ0n) is 7.61. The van der Waals surface area contributed by atoms with Gasteiger partial charge in [-0.1, -0.05) is 0 Å². The molecule has 1 rings (SSSR count). The van der Waals surface area contributed by atoms with E-state index < -0.39 is 6.43 Å². The first-order chi connectivity index (χ1) is 6.63. The SMILES string of the molecule is CN(CC(F)F)c1cncc(NN)n1. The van der Waals surface area contributed by atoms with Gasteiger partial charge in [0.2, 0.25) is 0 Å². The van der Waals surface area contributed by atoms with E-state index in [1.807, 2.05) is 0 Å². The van der Waals surface area contributed by atoms with E-state index in [4.69, 9.17) is 5.84 Å². The summed E-state index contributed by atoms with van der Waals surface area (Å²) in [5.74, 6) is 5.79. The van der Waals surface area contributed by atoms with Crippen LogP contribution in [0.1, 0.15) is 0 Å². The first-order valence-electron chi connectivity index (χ1n) is 3.91. The Hall–Kier alpha value is -1.50. The predicted octanol–water partition coefficient (Wildman–Crippen LogP) is 0.463. The molecule has 14 heavy (non-hydrogen) atoms. The number of rotatable bonds is 4. The minimum absolute atomic E-state index is 0.337. The van der Waals surface area contributed by atoms with Gasteiger partial charge in [-0.2, -0.15) is 0 Å². The van der Waals surface area contributed by atoms with Crippen LogP contribution < -0.4 is 16.2 Å². The Morgan fingerprint density at radius 3 is 2.86 bits per heavy atom. The van der Waals surface area contributed by atoms with Gasteiger partial charge >= 0.3 is 0 Å². The molecule has 1 heterocycles. The molecule has 0 amide bonds. The third-order valence-electron chi connectivity index (χ3n) is 1.57. The molecule has 0 aliphatic heterocycles. The summed E-state index contributed by atoms with van der Waals surface area (Å²) in [7, 11) is 1.51. The van der Waals surface area contributed by atoms with E-state index in [1.165, 1.54) is 24.3 Å². The molecule has 0 unspecified atom stereocenters. The average Bonchev–Trinajstić information content (AvgIpc) is 2.17. The number of halogens is 2. The van der Waals surface area contributed by atoms with Gasteiger partial charge in [0.15, 0.2) is 5.82 Å². The van der Waals surface area contributed by atoms with Crippen LogP contribution in [0.2, 0.25) is 0 Å². The molecule has 1 aromatic heterocycles. The summed E-state index contributed by atoms with van der Waals surface area (Å²) in [6.07, 6.45) is 0.388. The van der Waals surface area contributed by atoms with Crippen LogP contribution in [-0.4, -0.2) is 30.0 Å². The summed E-state index contributed by atoms with van der Waals surface area (Å²) < 4.78 is 24.0. The second-order valence-corrected chi connectivity index (χ2v) is 2.68. The topological polar surface area (TPSA) is 67.1 Å². The van der Waals surface area contributed by atoms with Crippen molar-refractivity contribution in [1.29, 1.82) is 0 Å². The number of nitrogens with zero attached hydrogens (tertiary/aromatic N) is 3. The van der Waals surface area contributed by atoms with Crippen molar-refractivity contribution >= 4 is 11.6 Å². The van der Waals surface area contributed by atoms with Crippen LogP contribution in [-0.2, 0) is 0 Å². The Kier molecular flexibility index (Phi) is 3.52. The number of anilines is 2. The van der Waals surface area contributed by atoms with Gasteiger partial charge in [0.1, 0.15) is 5.82 Å². The van der Waals surface area contributed by atoms with Crippen molar-refractivity contribution in [3.8, 4) is 0 Å². The molecule has 0 atom stereocenters. The fourth-order valence-corrected chi connectivity index (χ4v) is 0.910. The standard InChI is InChI=1S/C7H11F2N5/c1-14(4-5(8)9)7-3-11-2-6(12-7)13-10/h2-3,5H,4,10H2,1H3,(H,12,13). The Bertz CT molecular complexity index is 293. The highest BCUT2D eigenvalue weighted by Gasteiger charge is 2.10. The molecule has 0 bridgehead atoms. The summed E-state index contributed by atoms with van der Waals surface area (Å²) in [6, 6.07) is 0. The number of aromatic nitrogens is 2. The van der Waals surface area contributed by atoms with Crippen LogP contribution in [0.4, 0.5) is 20.4 Å². The molecular formula is C7H11F2N5. The Balaban J connectivity index is 2.73. The average molecular weight is 203 g/mol. The van der Waals surface area contributed by atoms with Crippen LogP contribution in [0.25, 0.3) is 0 Å². The monoisotopic (exact) mass is 203 g/mol. The van der Waals surface area contributed by atoms with Crippen LogP contribution >= 0.6 is 0 Å².